The Kier molecular flexibility index (Phi) is 3.54. The van der Waals surface area contributed by atoms with Crippen LogP contribution in [-0.4, -0.2) is 37.0 Å². The van der Waals surface area contributed by atoms with Gasteiger partial charge in [-0.05, 0) is 0 Å². The van der Waals surface area contributed by atoms with Gasteiger partial charge in [-0.2, -0.15) is 0 Å². The van der Waals surface area contributed by atoms with Gasteiger partial charge in [0.05, 0.1) is 0 Å². The molecule has 0 bridgehead atoms. The minimum absolute atomic E-state index is 0.862. The zero-order valence-corrected chi connectivity index (χ0v) is 9.50. The normalized spacial score (nSPS) is 21.1. The first-order chi connectivity index (χ1) is 7.26. The molecular formula is C6H6F11P. The molecule has 0 heterocycles. The van der Waals surface area contributed by atoms with Crippen LogP contribution in [0.3, 0.4) is 0 Å². The Morgan fingerprint density at radius 3 is 0.944 bits per heavy atom. The van der Waals surface area contributed by atoms with Crippen LogP contribution in [-0.2, 0) is 0 Å². The zero-order valence-electron chi connectivity index (χ0n) is 8.60. The van der Waals surface area contributed by atoms with E-state index in [9.17, 15) is 47.9 Å². The topological polar surface area (TPSA) is 0 Å². The fourth-order valence-corrected chi connectivity index (χ4v) is 2.70. The summed E-state index contributed by atoms with van der Waals surface area (Å²) in [6.45, 7) is -1.72. The van der Waals surface area contributed by atoms with E-state index in [4.69, 9.17) is 0 Å². The Morgan fingerprint density at radius 1 is 0.611 bits per heavy atom. The number of hydrogen-bond donors (Lipinski definition) is 0. The van der Waals surface area contributed by atoms with Crippen molar-refractivity contribution in [2.75, 3.05) is 13.3 Å². The standard InChI is InChI=1S/C6H6F11P/c1-18(2,16,17)4(9,6(13,14)15)3(7,8)5(10,11)12/h1-2H3. The Hall–Kier alpha value is -0.340. The number of hydrogen-bond acceptors (Lipinski definition) is 0. The molecule has 0 radical (unpaired) electrons. The minimum atomic E-state index is -8.03. The maximum absolute atomic E-state index is 13.2. The summed E-state index contributed by atoms with van der Waals surface area (Å²) in [7, 11) is -8.03. The van der Waals surface area contributed by atoms with E-state index in [-0.39, 0.29) is 0 Å². The fraction of sp³-hybridized carbons (Fsp3) is 1.00. The molecule has 0 amide bonds. The summed E-state index contributed by atoms with van der Waals surface area (Å²) in [4.78, 5) is 0. The van der Waals surface area contributed by atoms with E-state index < -0.39 is 44.2 Å². The predicted octanol–water partition coefficient (Wildman–Crippen LogP) is 4.99. The monoisotopic (exact) mass is 318 g/mol. The van der Waals surface area contributed by atoms with Crippen molar-refractivity contribution in [2.24, 2.45) is 0 Å². The van der Waals surface area contributed by atoms with Crippen LogP contribution < -0.4 is 0 Å². The van der Waals surface area contributed by atoms with Crippen molar-refractivity contribution in [1.29, 1.82) is 0 Å². The van der Waals surface area contributed by atoms with Crippen LogP contribution in [0.25, 0.3) is 0 Å². The summed E-state index contributed by atoms with van der Waals surface area (Å²) >= 11 is 0. The van der Waals surface area contributed by atoms with Crippen LogP contribution in [0.5, 0.6) is 0 Å². The molecule has 0 spiro atoms. The second kappa shape index (κ2) is 3.61. The zero-order chi connectivity index (χ0) is 15.4. The van der Waals surface area contributed by atoms with E-state index >= 15 is 0 Å². The Labute approximate surface area is 93.3 Å². The Morgan fingerprint density at radius 2 is 0.889 bits per heavy atom. The molecule has 0 aliphatic heterocycles. The van der Waals surface area contributed by atoms with Gasteiger partial charge in [-0.25, -0.2) is 0 Å². The number of rotatable bonds is 2. The molecule has 0 saturated heterocycles. The van der Waals surface area contributed by atoms with Gasteiger partial charge in [0.2, 0.25) is 0 Å². The molecular weight excluding hydrogens is 312 g/mol. The number of halogens is 11. The van der Waals surface area contributed by atoms with Crippen molar-refractivity contribution in [2.45, 2.75) is 23.7 Å². The van der Waals surface area contributed by atoms with Crippen LogP contribution in [0.1, 0.15) is 0 Å². The van der Waals surface area contributed by atoms with Gasteiger partial charge in [-0.3, -0.25) is 0 Å². The summed E-state index contributed by atoms with van der Waals surface area (Å²) in [6, 6.07) is 0. The molecule has 0 aliphatic carbocycles. The van der Waals surface area contributed by atoms with Gasteiger partial charge in [0.15, 0.2) is 0 Å². The van der Waals surface area contributed by atoms with Gasteiger partial charge in [0, 0.05) is 0 Å². The molecule has 112 valence electrons. The summed E-state index contributed by atoms with van der Waals surface area (Å²) < 4.78 is 136. The SMILES string of the molecule is CP(C)(F)(F)C(F)(C(F)(F)F)C(F)(F)C(F)(F)F. The first kappa shape index (κ1) is 17.7. The molecule has 12 heteroatoms. The summed E-state index contributed by atoms with van der Waals surface area (Å²) in [5, 5.41) is -6.97. The van der Waals surface area contributed by atoms with E-state index in [1.807, 2.05) is 0 Å². The summed E-state index contributed by atoms with van der Waals surface area (Å²) in [6.07, 6.45) is -14.2. The van der Waals surface area contributed by atoms with Crippen molar-refractivity contribution in [3.63, 3.8) is 0 Å². The van der Waals surface area contributed by atoms with Crippen LogP contribution in [0.4, 0.5) is 47.9 Å². The van der Waals surface area contributed by atoms with E-state index in [1.165, 1.54) is 0 Å². The maximum atomic E-state index is 13.2. The second-order valence-corrected chi connectivity index (χ2v) is 8.22. The Bertz CT molecular complexity index is 321. The molecule has 0 rings (SSSR count). The molecule has 1 unspecified atom stereocenters. The molecule has 0 aliphatic rings. The Balaban J connectivity index is 6.35. The molecule has 0 aromatic rings. The van der Waals surface area contributed by atoms with Crippen molar-refractivity contribution < 1.29 is 47.9 Å². The fourth-order valence-electron chi connectivity index (χ4n) is 1.10. The molecule has 0 nitrogen and oxygen atoms in total. The average molecular weight is 318 g/mol. The van der Waals surface area contributed by atoms with Gasteiger partial charge in [0.25, 0.3) is 0 Å². The van der Waals surface area contributed by atoms with Crippen molar-refractivity contribution in [1.82, 2.24) is 0 Å². The van der Waals surface area contributed by atoms with Gasteiger partial charge < -0.3 is 0 Å². The van der Waals surface area contributed by atoms with Crippen molar-refractivity contribution >= 4 is 7.22 Å². The first-order valence-corrected chi connectivity index (χ1v) is 6.82. The average Bonchev–Trinajstić information content (AvgIpc) is 1.94. The van der Waals surface area contributed by atoms with Gasteiger partial charge >= 0.3 is 92.1 Å². The van der Waals surface area contributed by atoms with E-state index in [1.54, 1.807) is 0 Å². The summed E-state index contributed by atoms with van der Waals surface area (Å²) in [5.41, 5.74) is 0. The second-order valence-electron chi connectivity index (χ2n) is 4.00. The number of alkyl halides is 9. The molecule has 0 aromatic carbocycles. The van der Waals surface area contributed by atoms with E-state index in [0.29, 0.717) is 0 Å². The molecule has 0 saturated carbocycles. The van der Waals surface area contributed by atoms with Crippen LogP contribution in [0, 0.1) is 0 Å². The summed E-state index contributed by atoms with van der Waals surface area (Å²) in [5.74, 6) is -7.26. The first-order valence-electron chi connectivity index (χ1n) is 3.91. The quantitative estimate of drug-likeness (QED) is 0.497. The van der Waals surface area contributed by atoms with Crippen LogP contribution in [0.2, 0.25) is 0 Å². The third kappa shape index (κ3) is 2.25. The van der Waals surface area contributed by atoms with Crippen molar-refractivity contribution in [3.05, 3.63) is 0 Å². The molecule has 1 atom stereocenters. The van der Waals surface area contributed by atoms with Gasteiger partial charge in [0.1, 0.15) is 0 Å². The third-order valence-corrected chi connectivity index (χ3v) is 4.23. The molecule has 18 heavy (non-hydrogen) atoms. The van der Waals surface area contributed by atoms with Crippen LogP contribution >= 0.6 is 7.22 Å². The third-order valence-electron chi connectivity index (χ3n) is 2.00. The molecule has 0 N–H and O–H groups in total. The van der Waals surface area contributed by atoms with Gasteiger partial charge in [-0.15, -0.1) is 0 Å². The van der Waals surface area contributed by atoms with E-state index in [2.05, 4.69) is 0 Å². The van der Waals surface area contributed by atoms with Gasteiger partial charge in [-0.1, -0.05) is 0 Å². The van der Waals surface area contributed by atoms with E-state index in [0.717, 1.165) is 0 Å². The van der Waals surface area contributed by atoms with Crippen molar-refractivity contribution in [3.8, 4) is 0 Å². The molecule has 0 fully saturated rings. The van der Waals surface area contributed by atoms with Crippen LogP contribution in [0.15, 0.2) is 0 Å². The predicted molar refractivity (Wildman–Crippen MR) is 41.9 cm³/mol. The molecule has 0 aromatic heterocycles.